The molecule has 2 rings (SSSR count). The largest absolute Gasteiger partial charge is 0.353 e. The van der Waals surface area contributed by atoms with E-state index in [0.29, 0.717) is 32.4 Å². The first-order valence-electron chi connectivity index (χ1n) is 11.4. The van der Waals surface area contributed by atoms with Gasteiger partial charge in [0.25, 0.3) is 5.91 Å². The summed E-state index contributed by atoms with van der Waals surface area (Å²) in [7, 11) is 2.75. The first-order chi connectivity index (χ1) is 15.2. The van der Waals surface area contributed by atoms with Crippen molar-refractivity contribution < 1.29 is 28.7 Å². The maximum Gasteiger partial charge on any atom is 0.253 e. The number of hydrogen-bond acceptors (Lipinski definition) is 8. The Kier molecular flexibility index (Phi) is 9.32. The van der Waals surface area contributed by atoms with Crippen LogP contribution in [-0.2, 0) is 28.7 Å². The van der Waals surface area contributed by atoms with E-state index in [2.05, 4.69) is 0 Å². The van der Waals surface area contributed by atoms with E-state index in [1.807, 2.05) is 0 Å². The van der Waals surface area contributed by atoms with Gasteiger partial charge in [-0.05, 0) is 38.1 Å². The minimum Gasteiger partial charge on any atom is -0.353 e. The van der Waals surface area contributed by atoms with Gasteiger partial charge >= 0.3 is 0 Å². The molecular formula is C22H38N4O6. The Morgan fingerprint density at radius 2 is 1.81 bits per heavy atom. The lowest BCUT2D eigenvalue weighted by Crippen LogP contribution is -2.73. The van der Waals surface area contributed by atoms with Gasteiger partial charge in [0.15, 0.2) is 17.6 Å². The highest BCUT2D eigenvalue weighted by molar-refractivity contribution is 6.09. The van der Waals surface area contributed by atoms with Crippen LogP contribution in [0.5, 0.6) is 0 Å². The number of ketones is 1. The second-order valence-corrected chi connectivity index (χ2v) is 8.85. The van der Waals surface area contributed by atoms with Gasteiger partial charge in [-0.2, -0.15) is 0 Å². The number of rotatable bonds is 10. The van der Waals surface area contributed by atoms with Crippen LogP contribution >= 0.6 is 0 Å². The highest BCUT2D eigenvalue weighted by Gasteiger charge is 2.61. The molecule has 2 saturated heterocycles. The Morgan fingerprint density at radius 1 is 1.16 bits per heavy atom. The van der Waals surface area contributed by atoms with Crippen LogP contribution in [0, 0.1) is 5.92 Å². The molecule has 2 aliphatic rings. The number of imide groups is 1. The third-order valence-electron chi connectivity index (χ3n) is 6.63. The number of methoxy groups -OCH3 is 2. The van der Waals surface area contributed by atoms with E-state index < -0.39 is 41.6 Å². The fraction of sp³-hybridized carbons (Fsp3) is 0.818. The van der Waals surface area contributed by atoms with Gasteiger partial charge < -0.3 is 25.8 Å². The molecule has 0 unspecified atom stereocenters. The number of ether oxygens (including phenoxy) is 2. The quantitative estimate of drug-likeness (QED) is 0.270. The van der Waals surface area contributed by atoms with Crippen LogP contribution in [0.2, 0.25) is 0 Å². The van der Waals surface area contributed by atoms with Crippen molar-refractivity contribution in [3.8, 4) is 0 Å². The highest BCUT2D eigenvalue weighted by Crippen LogP contribution is 2.39. The SMILES string of the molecule is COC(OC)[C@@]1(C(C)C)C(=O)CCC(=O)N1C(=O)[C@@H]1CCCN1C(=O)[C@@H](N)CCCCN. The van der Waals surface area contributed by atoms with Gasteiger partial charge in [0, 0.05) is 33.6 Å². The van der Waals surface area contributed by atoms with Crippen molar-refractivity contribution >= 4 is 23.5 Å². The molecule has 0 spiro atoms. The van der Waals surface area contributed by atoms with Gasteiger partial charge in [-0.15, -0.1) is 0 Å². The van der Waals surface area contributed by atoms with E-state index in [1.54, 1.807) is 13.8 Å². The van der Waals surface area contributed by atoms with Crippen LogP contribution in [-0.4, -0.2) is 84.5 Å². The predicted molar refractivity (Wildman–Crippen MR) is 117 cm³/mol. The van der Waals surface area contributed by atoms with E-state index in [4.69, 9.17) is 20.9 Å². The first kappa shape index (κ1) is 26.4. The topological polar surface area (TPSA) is 145 Å². The average molecular weight is 455 g/mol. The lowest BCUT2D eigenvalue weighted by molar-refractivity contribution is -0.214. The fourth-order valence-corrected chi connectivity index (χ4v) is 4.99. The van der Waals surface area contributed by atoms with Gasteiger partial charge in [0.1, 0.15) is 6.04 Å². The van der Waals surface area contributed by atoms with Gasteiger partial charge in [-0.1, -0.05) is 20.3 Å². The molecule has 10 nitrogen and oxygen atoms in total. The summed E-state index contributed by atoms with van der Waals surface area (Å²) in [5.74, 6) is -2.11. The Labute approximate surface area is 189 Å². The summed E-state index contributed by atoms with van der Waals surface area (Å²) in [6.07, 6.45) is 1.78. The molecule has 0 bridgehead atoms. The number of Topliss-reactive ketones (excluding diaryl/α,β-unsaturated/α-hetero) is 1. The van der Waals surface area contributed by atoms with Crippen molar-refractivity contribution in [2.24, 2.45) is 17.4 Å². The molecule has 2 fully saturated rings. The highest BCUT2D eigenvalue weighted by atomic mass is 16.7. The maximum atomic E-state index is 13.8. The minimum atomic E-state index is -1.60. The van der Waals surface area contributed by atoms with E-state index in [0.717, 1.165) is 17.7 Å². The van der Waals surface area contributed by atoms with Crippen molar-refractivity contribution in [3.05, 3.63) is 0 Å². The zero-order chi connectivity index (χ0) is 24.1. The number of amides is 3. The van der Waals surface area contributed by atoms with Crippen LogP contribution in [0.3, 0.4) is 0 Å². The summed E-state index contributed by atoms with van der Waals surface area (Å²) >= 11 is 0. The molecule has 2 heterocycles. The lowest BCUT2D eigenvalue weighted by Gasteiger charge is -2.50. The van der Waals surface area contributed by atoms with Crippen molar-refractivity contribution in [1.29, 1.82) is 0 Å². The fourth-order valence-electron chi connectivity index (χ4n) is 4.99. The number of carbonyl (C=O) groups is 4. The van der Waals surface area contributed by atoms with Gasteiger partial charge in [0.2, 0.25) is 11.8 Å². The molecule has 182 valence electrons. The predicted octanol–water partition coefficient (Wildman–Crippen LogP) is 0.166. The Hall–Kier alpha value is -1.88. The molecule has 2 aliphatic heterocycles. The number of piperidine rings is 1. The monoisotopic (exact) mass is 454 g/mol. The van der Waals surface area contributed by atoms with E-state index >= 15 is 0 Å². The molecular weight excluding hydrogens is 416 g/mol. The van der Waals surface area contributed by atoms with E-state index in [1.165, 1.54) is 19.1 Å². The standard InChI is InChI=1S/C22H38N4O6/c1-14(2)22(21(31-3)32-4)17(27)10-11-18(28)26(22)20(30)16-9-7-13-25(16)19(29)15(24)8-5-6-12-23/h14-16,21H,5-13,23-24H2,1-4H3/t15-,16-,22+/m0/s1. The van der Waals surface area contributed by atoms with Gasteiger partial charge in [0.05, 0.1) is 6.04 Å². The van der Waals surface area contributed by atoms with Crippen molar-refractivity contribution in [2.45, 2.75) is 82.7 Å². The maximum absolute atomic E-state index is 13.8. The minimum absolute atomic E-state index is 0.00332. The third kappa shape index (κ3) is 4.73. The lowest BCUT2D eigenvalue weighted by atomic mass is 9.75. The second-order valence-electron chi connectivity index (χ2n) is 8.85. The van der Waals surface area contributed by atoms with Crippen LogP contribution in [0.25, 0.3) is 0 Å². The summed E-state index contributed by atoms with van der Waals surface area (Å²) in [6.45, 7) is 4.41. The number of carbonyl (C=O) groups excluding carboxylic acids is 4. The zero-order valence-corrected chi connectivity index (χ0v) is 19.7. The summed E-state index contributed by atoms with van der Waals surface area (Å²) in [5, 5.41) is 0. The van der Waals surface area contributed by atoms with E-state index in [9.17, 15) is 19.2 Å². The van der Waals surface area contributed by atoms with Crippen LogP contribution < -0.4 is 11.5 Å². The molecule has 0 aromatic carbocycles. The van der Waals surface area contributed by atoms with Crippen molar-refractivity contribution in [3.63, 3.8) is 0 Å². The first-order valence-corrected chi connectivity index (χ1v) is 11.4. The van der Waals surface area contributed by atoms with Crippen LogP contribution in [0.1, 0.15) is 58.8 Å². The molecule has 0 radical (unpaired) electrons. The van der Waals surface area contributed by atoms with Crippen LogP contribution in [0.15, 0.2) is 0 Å². The molecule has 3 atom stereocenters. The Morgan fingerprint density at radius 3 is 2.38 bits per heavy atom. The number of likely N-dealkylation sites (tertiary alicyclic amines) is 2. The van der Waals surface area contributed by atoms with Gasteiger partial charge in [-0.3, -0.25) is 24.1 Å². The number of hydrogen-bond donors (Lipinski definition) is 2. The molecule has 10 heteroatoms. The Bertz CT molecular complexity index is 711. The summed E-state index contributed by atoms with van der Waals surface area (Å²) in [6, 6.07) is -1.60. The summed E-state index contributed by atoms with van der Waals surface area (Å²) in [5.41, 5.74) is 10.0. The molecule has 0 saturated carbocycles. The average Bonchev–Trinajstić information content (AvgIpc) is 3.25. The summed E-state index contributed by atoms with van der Waals surface area (Å²) in [4.78, 5) is 55.6. The molecule has 0 aliphatic carbocycles. The normalized spacial score (nSPS) is 25.2. The van der Waals surface area contributed by atoms with Crippen LogP contribution in [0.4, 0.5) is 0 Å². The molecule has 32 heavy (non-hydrogen) atoms. The second kappa shape index (κ2) is 11.3. The molecule has 0 aromatic heterocycles. The van der Waals surface area contributed by atoms with Crippen molar-refractivity contribution in [1.82, 2.24) is 9.80 Å². The number of nitrogens with zero attached hydrogens (tertiary/aromatic N) is 2. The molecule has 4 N–H and O–H groups in total. The number of unbranched alkanes of at least 4 members (excludes halogenated alkanes) is 1. The summed E-state index contributed by atoms with van der Waals surface area (Å²) < 4.78 is 10.9. The van der Waals surface area contributed by atoms with Crippen molar-refractivity contribution in [2.75, 3.05) is 27.3 Å². The smallest absolute Gasteiger partial charge is 0.253 e. The Balaban J connectivity index is 2.39. The molecule has 0 aromatic rings. The third-order valence-corrected chi connectivity index (χ3v) is 6.63. The zero-order valence-electron chi connectivity index (χ0n) is 19.7. The van der Waals surface area contributed by atoms with E-state index in [-0.39, 0.29) is 24.5 Å². The molecule has 3 amide bonds. The van der Waals surface area contributed by atoms with Gasteiger partial charge in [-0.25, -0.2) is 0 Å². The number of nitrogens with two attached hydrogens (primary N) is 2.